The van der Waals surface area contributed by atoms with Gasteiger partial charge in [-0.15, -0.1) is 0 Å². The van der Waals surface area contributed by atoms with Crippen LogP contribution in [-0.4, -0.2) is 54.9 Å². The van der Waals surface area contributed by atoms with Gasteiger partial charge in [-0.3, -0.25) is 0 Å². The van der Waals surface area contributed by atoms with Gasteiger partial charge in [0, 0.05) is 37.9 Å². The molecule has 0 atom stereocenters. The Balaban J connectivity index is 1.72. The van der Waals surface area contributed by atoms with E-state index in [2.05, 4.69) is 25.9 Å². The Morgan fingerprint density at radius 2 is 1.65 bits per heavy atom. The molecular weight excluding hydrogens is 382 g/mol. The van der Waals surface area contributed by atoms with Crippen LogP contribution in [0.4, 0.5) is 11.5 Å². The molecule has 2 heterocycles. The molecule has 0 amide bonds. The van der Waals surface area contributed by atoms with Gasteiger partial charge in [0.1, 0.15) is 10.4 Å². The van der Waals surface area contributed by atoms with Gasteiger partial charge in [0.25, 0.3) is 0 Å². The number of halogens is 1. The number of sulfonamides is 1. The van der Waals surface area contributed by atoms with Crippen LogP contribution in [0.5, 0.6) is 0 Å². The van der Waals surface area contributed by atoms with E-state index in [1.165, 1.54) is 10.6 Å². The van der Waals surface area contributed by atoms with E-state index < -0.39 is 10.0 Å². The molecule has 9 heteroatoms. The monoisotopic (exact) mass is 399 g/mol. The van der Waals surface area contributed by atoms with E-state index in [0.29, 0.717) is 36.6 Å². The summed E-state index contributed by atoms with van der Waals surface area (Å²) in [4.78, 5) is 2.17. The largest absolute Gasteiger partial charge is 0.384 e. The highest BCUT2D eigenvalue weighted by molar-refractivity contribution is 9.10. The molecule has 0 bridgehead atoms. The Morgan fingerprint density at radius 1 is 1.09 bits per heavy atom. The lowest BCUT2D eigenvalue weighted by Crippen LogP contribution is -2.48. The van der Waals surface area contributed by atoms with E-state index in [1.54, 1.807) is 10.7 Å². The summed E-state index contributed by atoms with van der Waals surface area (Å²) in [5.74, 6) is 0.561. The van der Waals surface area contributed by atoms with Gasteiger partial charge in [-0.05, 0) is 40.2 Å². The topological polar surface area (TPSA) is 84.5 Å². The number of benzene rings is 1. The molecule has 1 saturated heterocycles. The molecule has 3 rings (SSSR count). The molecule has 7 nitrogen and oxygen atoms in total. The third-order valence-electron chi connectivity index (χ3n) is 3.87. The normalized spacial score (nSPS) is 16.7. The van der Waals surface area contributed by atoms with Crippen molar-refractivity contribution in [2.24, 2.45) is 0 Å². The van der Waals surface area contributed by atoms with Crippen LogP contribution in [0.25, 0.3) is 5.69 Å². The van der Waals surface area contributed by atoms with E-state index >= 15 is 0 Å². The summed E-state index contributed by atoms with van der Waals surface area (Å²) in [7, 11) is -3.10. The molecule has 1 fully saturated rings. The number of nitrogens with zero attached hydrogens (tertiary/aromatic N) is 4. The molecule has 0 saturated carbocycles. The van der Waals surface area contributed by atoms with E-state index in [1.807, 2.05) is 24.3 Å². The molecule has 0 unspecified atom stereocenters. The van der Waals surface area contributed by atoms with Crippen molar-refractivity contribution in [3.05, 3.63) is 34.9 Å². The van der Waals surface area contributed by atoms with Crippen LogP contribution < -0.4 is 10.6 Å². The molecule has 1 aromatic heterocycles. The SMILES string of the molecule is CS(=O)(=O)N1CCN(c2ccc(-n3nc(Br)cc3N)cc2)CC1. The van der Waals surface area contributed by atoms with Gasteiger partial charge in [-0.2, -0.15) is 9.40 Å². The number of aromatic nitrogens is 2. The maximum absolute atomic E-state index is 11.5. The van der Waals surface area contributed by atoms with Gasteiger partial charge in [0.2, 0.25) is 10.0 Å². The predicted octanol–water partition coefficient (Wildman–Crippen LogP) is 1.30. The predicted molar refractivity (Wildman–Crippen MR) is 94.3 cm³/mol. The molecule has 2 N–H and O–H groups in total. The molecule has 0 aliphatic carbocycles. The lowest BCUT2D eigenvalue weighted by atomic mass is 10.2. The van der Waals surface area contributed by atoms with Crippen molar-refractivity contribution in [1.29, 1.82) is 0 Å². The van der Waals surface area contributed by atoms with Gasteiger partial charge in [-0.1, -0.05) is 0 Å². The quantitative estimate of drug-likeness (QED) is 0.840. The summed E-state index contributed by atoms with van der Waals surface area (Å²) < 4.78 is 27.0. The van der Waals surface area contributed by atoms with Crippen molar-refractivity contribution in [2.75, 3.05) is 43.1 Å². The number of piperazine rings is 1. The lowest BCUT2D eigenvalue weighted by molar-refractivity contribution is 0.388. The van der Waals surface area contributed by atoms with Crippen LogP contribution in [0.3, 0.4) is 0 Å². The van der Waals surface area contributed by atoms with Crippen LogP contribution >= 0.6 is 15.9 Å². The minimum absolute atomic E-state index is 0.514. The first kappa shape index (κ1) is 16.3. The number of anilines is 2. The second kappa shape index (κ2) is 6.14. The number of rotatable bonds is 3. The number of nitrogens with two attached hydrogens (primary N) is 1. The molecule has 1 aliphatic rings. The van der Waals surface area contributed by atoms with E-state index in [-0.39, 0.29) is 0 Å². The highest BCUT2D eigenvalue weighted by Crippen LogP contribution is 2.22. The van der Waals surface area contributed by atoms with Crippen molar-refractivity contribution in [3.8, 4) is 5.69 Å². The molecule has 0 radical (unpaired) electrons. The van der Waals surface area contributed by atoms with Gasteiger partial charge in [0.15, 0.2) is 0 Å². The Labute approximate surface area is 143 Å². The standard InChI is InChI=1S/C14H18BrN5O2S/c1-23(21,22)19-8-6-18(7-9-19)11-2-4-12(5-3-11)20-14(16)10-13(15)17-20/h2-5,10H,6-9,16H2,1H3. The molecule has 2 aromatic rings. The molecule has 124 valence electrons. The zero-order valence-corrected chi connectivity index (χ0v) is 15.1. The third kappa shape index (κ3) is 3.51. The van der Waals surface area contributed by atoms with Gasteiger partial charge in [0.05, 0.1) is 11.9 Å². The van der Waals surface area contributed by atoms with Crippen LogP contribution in [-0.2, 0) is 10.0 Å². The van der Waals surface area contributed by atoms with Crippen LogP contribution in [0.1, 0.15) is 0 Å². The molecule has 0 spiro atoms. The summed E-state index contributed by atoms with van der Waals surface area (Å²) in [6.45, 7) is 2.39. The van der Waals surface area contributed by atoms with Crippen molar-refractivity contribution in [2.45, 2.75) is 0 Å². The Hall–Kier alpha value is -1.58. The lowest BCUT2D eigenvalue weighted by Gasteiger charge is -2.34. The average Bonchev–Trinajstić information content (AvgIpc) is 2.85. The summed E-state index contributed by atoms with van der Waals surface area (Å²) in [6.07, 6.45) is 1.25. The Kier molecular flexibility index (Phi) is 4.35. The zero-order chi connectivity index (χ0) is 16.6. The van der Waals surface area contributed by atoms with Crippen LogP contribution in [0, 0.1) is 0 Å². The van der Waals surface area contributed by atoms with Crippen molar-refractivity contribution in [1.82, 2.24) is 14.1 Å². The Bertz CT molecular complexity index is 795. The minimum atomic E-state index is -3.10. The van der Waals surface area contributed by atoms with Crippen LogP contribution in [0.15, 0.2) is 34.9 Å². The summed E-state index contributed by atoms with van der Waals surface area (Å²) in [5.41, 5.74) is 7.85. The van der Waals surface area contributed by atoms with E-state index in [4.69, 9.17) is 5.73 Å². The van der Waals surface area contributed by atoms with Crippen molar-refractivity contribution < 1.29 is 8.42 Å². The van der Waals surface area contributed by atoms with Crippen molar-refractivity contribution >= 4 is 37.5 Å². The van der Waals surface area contributed by atoms with E-state index in [9.17, 15) is 8.42 Å². The van der Waals surface area contributed by atoms with Gasteiger partial charge < -0.3 is 10.6 Å². The fourth-order valence-corrected chi connectivity index (χ4v) is 3.87. The van der Waals surface area contributed by atoms with E-state index in [0.717, 1.165) is 11.4 Å². The first-order chi connectivity index (χ1) is 10.8. The van der Waals surface area contributed by atoms with Gasteiger partial charge in [-0.25, -0.2) is 13.1 Å². The maximum atomic E-state index is 11.5. The highest BCUT2D eigenvalue weighted by Gasteiger charge is 2.23. The summed E-state index contributed by atoms with van der Waals surface area (Å²) in [6, 6.07) is 9.65. The molecule has 1 aliphatic heterocycles. The van der Waals surface area contributed by atoms with Gasteiger partial charge >= 0.3 is 0 Å². The number of hydrogen-bond donors (Lipinski definition) is 1. The third-order valence-corrected chi connectivity index (χ3v) is 5.56. The van der Waals surface area contributed by atoms with Crippen LogP contribution in [0.2, 0.25) is 0 Å². The minimum Gasteiger partial charge on any atom is -0.384 e. The molecular formula is C14H18BrN5O2S. The smallest absolute Gasteiger partial charge is 0.211 e. The first-order valence-corrected chi connectivity index (χ1v) is 9.80. The van der Waals surface area contributed by atoms with Crippen molar-refractivity contribution in [3.63, 3.8) is 0 Å². The zero-order valence-electron chi connectivity index (χ0n) is 12.7. The fourth-order valence-electron chi connectivity index (χ4n) is 2.65. The summed E-state index contributed by atoms with van der Waals surface area (Å²) in [5, 5.41) is 4.28. The number of hydrogen-bond acceptors (Lipinski definition) is 5. The molecule has 23 heavy (non-hydrogen) atoms. The fraction of sp³-hybridized carbons (Fsp3) is 0.357. The number of nitrogen functional groups attached to an aromatic ring is 1. The average molecular weight is 400 g/mol. The highest BCUT2D eigenvalue weighted by atomic mass is 79.9. The molecule has 1 aromatic carbocycles. The second-order valence-corrected chi connectivity index (χ2v) is 8.26. The first-order valence-electron chi connectivity index (χ1n) is 7.16. The second-order valence-electron chi connectivity index (χ2n) is 5.47. The maximum Gasteiger partial charge on any atom is 0.211 e. The Morgan fingerprint density at radius 3 is 2.13 bits per heavy atom. The summed E-state index contributed by atoms with van der Waals surface area (Å²) >= 11 is 3.30.